The number of aliphatic hydroxyl groups excluding tert-OH is 2. The molecule has 1 amide bonds. The van der Waals surface area contributed by atoms with E-state index in [2.05, 4.69) is 20.8 Å². The number of benzene rings is 1. The summed E-state index contributed by atoms with van der Waals surface area (Å²) >= 11 is 0. The van der Waals surface area contributed by atoms with Crippen LogP contribution in [0, 0.1) is 59.1 Å². The number of halogens is 1. The summed E-state index contributed by atoms with van der Waals surface area (Å²) in [5.41, 5.74) is 2.60. The molecule has 10 atom stereocenters. The molecule has 0 saturated heterocycles. The molecule has 4 fully saturated rings. The van der Waals surface area contributed by atoms with Crippen molar-refractivity contribution >= 4 is 11.6 Å². The van der Waals surface area contributed by atoms with E-state index in [9.17, 15) is 19.4 Å². The zero-order chi connectivity index (χ0) is 27.0. The molecule has 1 aromatic carbocycles. The summed E-state index contributed by atoms with van der Waals surface area (Å²) in [7, 11) is 0. The largest absolute Gasteiger partial charge is 0.393 e. The van der Waals surface area contributed by atoms with Crippen molar-refractivity contribution in [3.63, 3.8) is 0 Å². The third-order valence-corrected chi connectivity index (χ3v) is 12.8. The van der Waals surface area contributed by atoms with E-state index < -0.39 is 0 Å². The van der Waals surface area contributed by atoms with Gasteiger partial charge in [-0.05, 0) is 129 Å². The SMILES string of the molecule is Cc1ccc2c(c1F)CCN2C(=O)CC[C@@H](C)[C@H]1CC[C@H]2[C@@H]3[C@@H](O)C[C@@H]4C[C@H](O)CC[C@]4(C)[C@H]3CC[C@]12C. The maximum Gasteiger partial charge on any atom is 0.227 e. The van der Waals surface area contributed by atoms with Crippen LogP contribution in [0.4, 0.5) is 10.1 Å². The molecule has 1 aromatic rings. The number of aryl methyl sites for hydroxylation is 1. The first kappa shape index (κ1) is 26.7. The lowest BCUT2D eigenvalue weighted by atomic mass is 9.43. The summed E-state index contributed by atoms with van der Waals surface area (Å²) < 4.78 is 14.6. The van der Waals surface area contributed by atoms with E-state index in [1.807, 2.05) is 11.0 Å². The number of rotatable bonds is 4. The summed E-state index contributed by atoms with van der Waals surface area (Å²) in [5.74, 6) is 2.96. The van der Waals surface area contributed by atoms with E-state index in [0.717, 1.165) is 37.8 Å². The van der Waals surface area contributed by atoms with Crippen LogP contribution >= 0.6 is 0 Å². The number of anilines is 1. The zero-order valence-corrected chi connectivity index (χ0v) is 23.9. The Morgan fingerprint density at radius 3 is 2.61 bits per heavy atom. The van der Waals surface area contributed by atoms with Gasteiger partial charge in [0, 0.05) is 24.2 Å². The number of nitrogens with zero attached hydrogens (tertiary/aromatic N) is 1. The molecule has 4 saturated carbocycles. The quantitative estimate of drug-likeness (QED) is 0.476. The standard InChI is InChI=1S/C33H48FNO3/c1-19(6-10-29(38)35-16-13-23-27(35)9-5-20(2)31(23)34)24-7-8-25-30-26(12-15-33(24,25)4)32(3)14-11-22(36)17-21(32)18-28(30)37/h5,9,19,21-22,24-26,28,30,36-37H,6-8,10-18H2,1-4H3/t19-,21+,22-,24-,25+,26+,28+,30+,32+,33-/m1/s1. The average Bonchev–Trinajstić information content (AvgIpc) is 3.47. The lowest BCUT2D eigenvalue weighted by molar-refractivity contribution is -0.174. The van der Waals surface area contributed by atoms with E-state index >= 15 is 0 Å². The normalized spacial score (nSPS) is 42.7. The maximum absolute atomic E-state index is 14.6. The molecule has 4 nitrogen and oxygen atoms in total. The van der Waals surface area contributed by atoms with E-state index in [-0.39, 0.29) is 34.8 Å². The Labute approximate surface area is 228 Å². The summed E-state index contributed by atoms with van der Waals surface area (Å²) in [6.07, 6.45) is 10.1. The lowest BCUT2D eigenvalue weighted by Gasteiger charge is -2.62. The first-order valence-electron chi connectivity index (χ1n) is 15.5. The smallest absolute Gasteiger partial charge is 0.227 e. The average molecular weight is 526 g/mol. The van der Waals surface area contributed by atoms with Gasteiger partial charge in [-0.3, -0.25) is 4.79 Å². The molecule has 0 unspecified atom stereocenters. The zero-order valence-electron chi connectivity index (χ0n) is 23.9. The highest BCUT2D eigenvalue weighted by Gasteiger charge is 2.62. The molecule has 0 bridgehead atoms. The van der Waals surface area contributed by atoms with Crippen molar-refractivity contribution in [1.29, 1.82) is 0 Å². The van der Waals surface area contributed by atoms with Gasteiger partial charge in [0.15, 0.2) is 0 Å². The number of hydrogen-bond donors (Lipinski definition) is 2. The highest BCUT2D eigenvalue weighted by atomic mass is 19.1. The van der Waals surface area contributed by atoms with Gasteiger partial charge in [0.05, 0.1) is 12.2 Å². The van der Waals surface area contributed by atoms with Gasteiger partial charge in [-0.15, -0.1) is 0 Å². The molecule has 5 heteroatoms. The second-order valence-electron chi connectivity index (χ2n) is 14.5. The van der Waals surface area contributed by atoms with Gasteiger partial charge in [-0.25, -0.2) is 4.39 Å². The minimum absolute atomic E-state index is 0.128. The van der Waals surface area contributed by atoms with Crippen LogP contribution in [0.25, 0.3) is 0 Å². The van der Waals surface area contributed by atoms with Crippen molar-refractivity contribution in [3.05, 3.63) is 29.1 Å². The molecule has 1 heterocycles. The molecule has 6 rings (SSSR count). The number of aliphatic hydroxyl groups is 2. The van der Waals surface area contributed by atoms with E-state index in [0.29, 0.717) is 66.0 Å². The number of fused-ring (bicyclic) bond motifs is 6. The fraction of sp³-hybridized carbons (Fsp3) is 0.788. The second-order valence-corrected chi connectivity index (χ2v) is 14.5. The van der Waals surface area contributed by atoms with Crippen LogP contribution in [0.1, 0.15) is 96.1 Å². The van der Waals surface area contributed by atoms with Crippen molar-refractivity contribution < 1.29 is 19.4 Å². The Bertz CT molecular complexity index is 1090. The van der Waals surface area contributed by atoms with Gasteiger partial charge in [0.1, 0.15) is 5.82 Å². The molecule has 210 valence electrons. The number of amides is 1. The predicted octanol–water partition coefficient (Wildman–Crippen LogP) is 6.43. The van der Waals surface area contributed by atoms with Crippen LogP contribution in [0.2, 0.25) is 0 Å². The molecular weight excluding hydrogens is 477 g/mol. The molecule has 0 radical (unpaired) electrons. The van der Waals surface area contributed by atoms with Crippen molar-refractivity contribution in [2.45, 2.75) is 111 Å². The predicted molar refractivity (Wildman–Crippen MR) is 148 cm³/mol. The van der Waals surface area contributed by atoms with Crippen LogP contribution in [0.3, 0.4) is 0 Å². The van der Waals surface area contributed by atoms with Crippen molar-refractivity contribution in [1.82, 2.24) is 0 Å². The Hall–Kier alpha value is -1.46. The number of hydrogen-bond acceptors (Lipinski definition) is 3. The minimum Gasteiger partial charge on any atom is -0.393 e. The molecule has 4 aliphatic carbocycles. The van der Waals surface area contributed by atoms with Crippen LogP contribution in [-0.2, 0) is 11.2 Å². The van der Waals surface area contributed by atoms with Gasteiger partial charge < -0.3 is 15.1 Å². The van der Waals surface area contributed by atoms with Crippen LogP contribution in [0.5, 0.6) is 0 Å². The van der Waals surface area contributed by atoms with Crippen LogP contribution in [0.15, 0.2) is 12.1 Å². The van der Waals surface area contributed by atoms with Crippen LogP contribution < -0.4 is 4.90 Å². The molecule has 5 aliphatic rings. The van der Waals surface area contributed by atoms with Gasteiger partial charge in [0.2, 0.25) is 5.91 Å². The van der Waals surface area contributed by atoms with E-state index in [1.54, 1.807) is 13.0 Å². The van der Waals surface area contributed by atoms with Crippen molar-refractivity contribution in [3.8, 4) is 0 Å². The van der Waals surface area contributed by atoms with Gasteiger partial charge in [-0.2, -0.15) is 0 Å². The fourth-order valence-corrected chi connectivity index (χ4v) is 10.7. The van der Waals surface area contributed by atoms with E-state index in [1.165, 1.54) is 25.7 Å². The van der Waals surface area contributed by atoms with Gasteiger partial charge in [-0.1, -0.05) is 26.8 Å². The molecule has 1 aliphatic heterocycles. The monoisotopic (exact) mass is 525 g/mol. The Balaban J connectivity index is 1.13. The molecular formula is C33H48FNO3. The maximum atomic E-state index is 14.6. The van der Waals surface area contributed by atoms with Crippen molar-refractivity contribution in [2.75, 3.05) is 11.4 Å². The summed E-state index contributed by atoms with van der Waals surface area (Å²) in [6, 6.07) is 3.70. The summed E-state index contributed by atoms with van der Waals surface area (Å²) in [6.45, 7) is 9.69. The topological polar surface area (TPSA) is 60.8 Å². The lowest BCUT2D eigenvalue weighted by Crippen LogP contribution is -2.58. The molecule has 38 heavy (non-hydrogen) atoms. The third-order valence-electron chi connectivity index (χ3n) is 12.8. The third kappa shape index (κ3) is 4.00. The number of carbonyl (C=O) groups is 1. The Kier molecular flexibility index (Phi) is 6.74. The highest BCUT2D eigenvalue weighted by molar-refractivity contribution is 5.95. The second kappa shape index (κ2) is 9.58. The first-order valence-corrected chi connectivity index (χ1v) is 15.5. The summed E-state index contributed by atoms with van der Waals surface area (Å²) in [5, 5.41) is 21.8. The Morgan fingerprint density at radius 1 is 1.08 bits per heavy atom. The molecule has 0 aromatic heterocycles. The number of carbonyl (C=O) groups excluding carboxylic acids is 1. The van der Waals surface area contributed by atoms with Gasteiger partial charge >= 0.3 is 0 Å². The minimum atomic E-state index is -0.247. The fourth-order valence-electron chi connectivity index (χ4n) is 10.7. The highest BCUT2D eigenvalue weighted by Crippen LogP contribution is 2.68. The molecule has 2 N–H and O–H groups in total. The summed E-state index contributed by atoms with van der Waals surface area (Å²) in [4.78, 5) is 15.1. The molecule has 0 spiro atoms. The Morgan fingerprint density at radius 2 is 1.82 bits per heavy atom. The van der Waals surface area contributed by atoms with E-state index in [4.69, 9.17) is 0 Å². The van der Waals surface area contributed by atoms with Crippen molar-refractivity contribution in [2.24, 2.45) is 46.3 Å². The van der Waals surface area contributed by atoms with Gasteiger partial charge in [0.25, 0.3) is 0 Å². The van der Waals surface area contributed by atoms with Crippen LogP contribution in [-0.4, -0.2) is 34.9 Å². The first-order chi connectivity index (χ1) is 18.0.